The van der Waals surface area contributed by atoms with E-state index in [1.165, 1.54) is 23.8 Å². The number of hydrogen-bond acceptors (Lipinski definition) is 7. The molecule has 0 aliphatic heterocycles. The molecule has 0 radical (unpaired) electrons. The standard InChI is InChI=1S/C18H16N4O5S/c1-2-27-18(26)11-8-28-16-14(11)17(25)22(9-20-16)7-13(23)21-12-6-4-3-5-10(12)15(19)24/h3-6,8-9H,2,7H2,1H3,(H2,19,24)(H,21,23). The zero-order chi connectivity index (χ0) is 20.3. The van der Waals surface area contributed by atoms with E-state index in [0.29, 0.717) is 4.83 Å². The molecule has 0 aliphatic rings. The first-order valence-electron chi connectivity index (χ1n) is 8.24. The number of benzene rings is 1. The molecule has 3 aromatic rings. The number of esters is 1. The summed E-state index contributed by atoms with van der Waals surface area (Å²) < 4.78 is 6.04. The van der Waals surface area contributed by atoms with Crippen molar-refractivity contribution in [2.45, 2.75) is 13.5 Å². The van der Waals surface area contributed by atoms with E-state index in [-0.39, 0.29) is 35.4 Å². The molecule has 0 atom stereocenters. The summed E-state index contributed by atoms with van der Waals surface area (Å²) in [5.74, 6) is -1.86. The van der Waals surface area contributed by atoms with E-state index in [9.17, 15) is 19.2 Å². The van der Waals surface area contributed by atoms with Crippen LogP contribution in [0.15, 0.2) is 40.8 Å². The molecule has 0 unspecified atom stereocenters. The predicted octanol–water partition coefficient (Wildman–Crippen LogP) is 1.37. The number of carbonyl (C=O) groups is 3. The van der Waals surface area contributed by atoms with Crippen LogP contribution in [0.2, 0.25) is 0 Å². The number of anilines is 1. The smallest absolute Gasteiger partial charge is 0.339 e. The number of nitrogens with zero attached hydrogens (tertiary/aromatic N) is 2. The van der Waals surface area contributed by atoms with Crippen LogP contribution < -0.4 is 16.6 Å². The highest BCUT2D eigenvalue weighted by Crippen LogP contribution is 2.21. The van der Waals surface area contributed by atoms with Gasteiger partial charge in [0.05, 0.1) is 35.1 Å². The SMILES string of the molecule is CCOC(=O)c1csc2ncn(CC(=O)Nc3ccccc3C(N)=O)c(=O)c12. The van der Waals surface area contributed by atoms with Crippen LogP contribution in [-0.4, -0.2) is 33.9 Å². The van der Waals surface area contributed by atoms with Crippen molar-refractivity contribution in [1.82, 2.24) is 9.55 Å². The monoisotopic (exact) mass is 400 g/mol. The third kappa shape index (κ3) is 3.76. The number of nitrogens with two attached hydrogens (primary N) is 1. The Morgan fingerprint density at radius 1 is 1.25 bits per heavy atom. The number of rotatable bonds is 6. The quantitative estimate of drug-likeness (QED) is 0.601. The van der Waals surface area contributed by atoms with Crippen molar-refractivity contribution < 1.29 is 19.1 Å². The van der Waals surface area contributed by atoms with E-state index in [0.717, 1.165) is 15.9 Å². The van der Waals surface area contributed by atoms with Crippen molar-refractivity contribution in [3.8, 4) is 0 Å². The second-order valence-corrected chi connectivity index (χ2v) is 6.54. The van der Waals surface area contributed by atoms with Crippen LogP contribution in [0.5, 0.6) is 0 Å². The Bertz CT molecular complexity index is 1130. The largest absolute Gasteiger partial charge is 0.462 e. The lowest BCUT2D eigenvalue weighted by Crippen LogP contribution is -2.29. The molecule has 144 valence electrons. The normalized spacial score (nSPS) is 10.6. The summed E-state index contributed by atoms with van der Waals surface area (Å²) in [5, 5.41) is 4.16. The topological polar surface area (TPSA) is 133 Å². The van der Waals surface area contributed by atoms with E-state index in [4.69, 9.17) is 10.5 Å². The highest BCUT2D eigenvalue weighted by Gasteiger charge is 2.19. The van der Waals surface area contributed by atoms with Crippen LogP contribution in [0.25, 0.3) is 10.2 Å². The van der Waals surface area contributed by atoms with Crippen LogP contribution in [0.1, 0.15) is 27.6 Å². The van der Waals surface area contributed by atoms with Crippen molar-refractivity contribution in [2.75, 3.05) is 11.9 Å². The third-order valence-electron chi connectivity index (χ3n) is 3.84. The van der Waals surface area contributed by atoms with Crippen LogP contribution in [0.4, 0.5) is 5.69 Å². The number of ether oxygens (including phenoxy) is 1. The molecule has 0 fully saturated rings. The molecule has 0 saturated carbocycles. The fourth-order valence-electron chi connectivity index (χ4n) is 2.59. The van der Waals surface area contributed by atoms with Crippen molar-refractivity contribution in [3.05, 3.63) is 57.5 Å². The van der Waals surface area contributed by atoms with Crippen molar-refractivity contribution in [3.63, 3.8) is 0 Å². The lowest BCUT2D eigenvalue weighted by molar-refractivity contribution is -0.116. The minimum atomic E-state index is -0.687. The van der Waals surface area contributed by atoms with Gasteiger partial charge in [-0.25, -0.2) is 9.78 Å². The van der Waals surface area contributed by atoms with Crippen molar-refractivity contribution >= 4 is 45.0 Å². The summed E-state index contributed by atoms with van der Waals surface area (Å²) in [6.45, 7) is 1.48. The number of primary amides is 1. The average Bonchev–Trinajstić information content (AvgIpc) is 3.09. The van der Waals surface area contributed by atoms with Gasteiger partial charge in [0.2, 0.25) is 5.91 Å². The van der Waals surface area contributed by atoms with E-state index in [1.54, 1.807) is 19.1 Å². The Morgan fingerprint density at radius 2 is 2.00 bits per heavy atom. The van der Waals surface area contributed by atoms with Crippen molar-refractivity contribution in [2.24, 2.45) is 5.73 Å². The number of thiophene rings is 1. The zero-order valence-electron chi connectivity index (χ0n) is 14.8. The van der Waals surface area contributed by atoms with Gasteiger partial charge in [-0.3, -0.25) is 19.0 Å². The van der Waals surface area contributed by atoms with Crippen LogP contribution >= 0.6 is 11.3 Å². The summed E-state index contributed by atoms with van der Waals surface area (Å²) in [5.41, 5.74) is 5.27. The third-order valence-corrected chi connectivity index (χ3v) is 4.72. The Labute approximate surface area is 162 Å². The Balaban J connectivity index is 1.89. The molecule has 28 heavy (non-hydrogen) atoms. The number of aromatic nitrogens is 2. The molecule has 10 heteroatoms. The summed E-state index contributed by atoms with van der Waals surface area (Å²) in [7, 11) is 0. The van der Waals surface area contributed by atoms with Crippen LogP contribution in [0, 0.1) is 0 Å². The molecular weight excluding hydrogens is 384 g/mol. The second-order valence-electron chi connectivity index (χ2n) is 5.69. The van der Waals surface area contributed by atoms with Gasteiger partial charge >= 0.3 is 5.97 Å². The highest BCUT2D eigenvalue weighted by molar-refractivity contribution is 7.17. The number of fused-ring (bicyclic) bond motifs is 1. The molecule has 2 aromatic heterocycles. The van der Waals surface area contributed by atoms with E-state index < -0.39 is 23.3 Å². The van der Waals surface area contributed by atoms with Crippen LogP contribution in [0.3, 0.4) is 0 Å². The summed E-state index contributed by atoms with van der Waals surface area (Å²) in [6.07, 6.45) is 1.23. The molecule has 9 nitrogen and oxygen atoms in total. The van der Waals surface area contributed by atoms with Gasteiger partial charge < -0.3 is 15.8 Å². The van der Waals surface area contributed by atoms with Gasteiger partial charge in [0, 0.05) is 5.38 Å². The number of nitrogens with one attached hydrogen (secondary N) is 1. The first-order chi connectivity index (χ1) is 13.4. The van der Waals surface area contributed by atoms with Gasteiger partial charge in [0.25, 0.3) is 11.5 Å². The van der Waals surface area contributed by atoms with E-state index in [2.05, 4.69) is 10.3 Å². The number of amides is 2. The lowest BCUT2D eigenvalue weighted by atomic mass is 10.1. The summed E-state index contributed by atoms with van der Waals surface area (Å²) >= 11 is 1.14. The molecule has 0 aliphatic carbocycles. The maximum Gasteiger partial charge on any atom is 0.339 e. The van der Waals surface area contributed by atoms with Gasteiger partial charge in [-0.2, -0.15) is 0 Å². The van der Waals surface area contributed by atoms with Gasteiger partial charge in [-0.15, -0.1) is 11.3 Å². The molecule has 3 N–H and O–H groups in total. The molecule has 3 rings (SSSR count). The number of carbonyl (C=O) groups excluding carboxylic acids is 3. The molecule has 0 spiro atoms. The molecular formula is C18H16N4O5S. The number of hydrogen-bond donors (Lipinski definition) is 2. The van der Waals surface area contributed by atoms with Gasteiger partial charge in [-0.05, 0) is 19.1 Å². The van der Waals surface area contributed by atoms with Gasteiger partial charge in [0.15, 0.2) is 0 Å². The maximum atomic E-state index is 12.7. The first kappa shape index (κ1) is 19.2. The Kier molecular flexibility index (Phi) is 5.50. The fourth-order valence-corrected chi connectivity index (χ4v) is 3.46. The fraction of sp³-hybridized carbons (Fsp3) is 0.167. The minimum absolute atomic E-state index is 0.108. The average molecular weight is 400 g/mol. The lowest BCUT2D eigenvalue weighted by Gasteiger charge is -2.10. The second kappa shape index (κ2) is 8.01. The van der Waals surface area contributed by atoms with Gasteiger partial charge in [-0.1, -0.05) is 12.1 Å². The molecule has 1 aromatic carbocycles. The Morgan fingerprint density at radius 3 is 2.71 bits per heavy atom. The van der Waals surface area contributed by atoms with Gasteiger partial charge in [0.1, 0.15) is 11.4 Å². The Hall–Kier alpha value is -3.53. The van der Waals surface area contributed by atoms with E-state index in [1.807, 2.05) is 0 Å². The molecule has 2 heterocycles. The van der Waals surface area contributed by atoms with E-state index >= 15 is 0 Å². The molecule has 0 saturated heterocycles. The zero-order valence-corrected chi connectivity index (χ0v) is 15.6. The highest BCUT2D eigenvalue weighted by atomic mass is 32.1. The predicted molar refractivity (Wildman–Crippen MR) is 103 cm³/mol. The summed E-state index contributed by atoms with van der Waals surface area (Å²) in [6, 6.07) is 6.26. The van der Waals surface area contributed by atoms with Crippen LogP contribution in [-0.2, 0) is 16.1 Å². The minimum Gasteiger partial charge on any atom is -0.462 e. The van der Waals surface area contributed by atoms with Crippen molar-refractivity contribution in [1.29, 1.82) is 0 Å². The first-order valence-corrected chi connectivity index (χ1v) is 9.12. The molecule has 2 amide bonds. The number of para-hydroxylation sites is 1. The summed E-state index contributed by atoms with van der Waals surface area (Å²) in [4.78, 5) is 53.1. The molecule has 0 bridgehead atoms. The maximum absolute atomic E-state index is 12.7.